The van der Waals surface area contributed by atoms with E-state index in [1.165, 1.54) is 38.5 Å². The number of rotatable bonds is 2. The molecule has 1 aliphatic heterocycles. The van der Waals surface area contributed by atoms with E-state index in [1.54, 1.807) is 11.1 Å². The first-order valence-corrected chi connectivity index (χ1v) is 11.0. The maximum Gasteiger partial charge on any atom is 0.0238 e. The molecule has 0 aromatic heterocycles. The molecule has 1 aromatic carbocycles. The van der Waals surface area contributed by atoms with Crippen molar-refractivity contribution in [2.45, 2.75) is 97.1 Å². The summed E-state index contributed by atoms with van der Waals surface area (Å²) in [4.78, 5) is 2.82. The highest BCUT2D eigenvalue weighted by Gasteiger charge is 2.54. The Hall–Kier alpha value is -0.820. The minimum absolute atomic E-state index is 0.358. The summed E-state index contributed by atoms with van der Waals surface area (Å²) < 4.78 is 0. The number of fused-ring (bicyclic) bond motifs is 3. The molecule has 26 heavy (non-hydrogen) atoms. The molecule has 0 amide bonds. The van der Waals surface area contributed by atoms with Gasteiger partial charge in [-0.1, -0.05) is 71.7 Å². The number of piperidine rings is 1. The van der Waals surface area contributed by atoms with Crippen molar-refractivity contribution in [2.24, 2.45) is 16.7 Å². The SMILES string of the molecule is CN1C2C(CCC1C(C)(C)C)c1ccccc1C2C(C)(C)C1CCCC1. The van der Waals surface area contributed by atoms with Crippen LogP contribution < -0.4 is 0 Å². The van der Waals surface area contributed by atoms with Gasteiger partial charge >= 0.3 is 0 Å². The minimum Gasteiger partial charge on any atom is -0.299 e. The molecule has 4 rings (SSSR count). The number of benzene rings is 1. The third kappa shape index (κ3) is 2.77. The molecular weight excluding hydrogens is 314 g/mol. The van der Waals surface area contributed by atoms with Crippen molar-refractivity contribution < 1.29 is 0 Å². The van der Waals surface area contributed by atoms with Gasteiger partial charge in [-0.25, -0.2) is 0 Å². The van der Waals surface area contributed by atoms with Gasteiger partial charge in [-0.05, 0) is 60.6 Å². The molecule has 0 radical (unpaired) electrons. The highest BCUT2D eigenvalue weighted by atomic mass is 15.2. The fourth-order valence-corrected chi connectivity index (χ4v) is 7.13. The summed E-state index contributed by atoms with van der Waals surface area (Å²) >= 11 is 0. The van der Waals surface area contributed by atoms with E-state index in [2.05, 4.69) is 70.8 Å². The van der Waals surface area contributed by atoms with Crippen molar-refractivity contribution in [1.82, 2.24) is 4.90 Å². The van der Waals surface area contributed by atoms with E-state index in [4.69, 9.17) is 0 Å². The predicted octanol–water partition coefficient (Wildman–Crippen LogP) is 6.59. The van der Waals surface area contributed by atoms with Gasteiger partial charge in [0.25, 0.3) is 0 Å². The van der Waals surface area contributed by atoms with Crippen molar-refractivity contribution in [3.05, 3.63) is 35.4 Å². The van der Waals surface area contributed by atoms with E-state index in [9.17, 15) is 0 Å². The second-order valence-electron chi connectivity index (χ2n) is 11.1. The molecule has 3 aliphatic rings. The lowest BCUT2D eigenvalue weighted by Gasteiger charge is -2.52. The summed E-state index contributed by atoms with van der Waals surface area (Å²) in [5, 5.41) is 0. The van der Waals surface area contributed by atoms with Crippen LogP contribution in [0.15, 0.2) is 24.3 Å². The van der Waals surface area contributed by atoms with E-state index in [-0.39, 0.29) is 0 Å². The van der Waals surface area contributed by atoms with Crippen LogP contribution in [-0.4, -0.2) is 24.0 Å². The summed E-state index contributed by atoms with van der Waals surface area (Å²) in [5.74, 6) is 2.31. The zero-order valence-electron chi connectivity index (χ0n) is 17.9. The Kier molecular flexibility index (Phi) is 4.54. The molecule has 2 aliphatic carbocycles. The van der Waals surface area contributed by atoms with Crippen LogP contribution in [0.25, 0.3) is 0 Å². The molecule has 1 heteroatoms. The molecule has 1 heterocycles. The molecule has 0 N–H and O–H groups in total. The lowest BCUT2D eigenvalue weighted by molar-refractivity contribution is -0.00536. The summed E-state index contributed by atoms with van der Waals surface area (Å²) in [6, 6.07) is 10.9. The quantitative estimate of drug-likeness (QED) is 0.579. The Morgan fingerprint density at radius 1 is 0.846 bits per heavy atom. The van der Waals surface area contributed by atoms with Gasteiger partial charge in [0, 0.05) is 23.9 Å². The van der Waals surface area contributed by atoms with Crippen LogP contribution >= 0.6 is 0 Å². The third-order valence-electron chi connectivity index (χ3n) is 8.41. The van der Waals surface area contributed by atoms with Gasteiger partial charge < -0.3 is 0 Å². The average molecular weight is 354 g/mol. The maximum absolute atomic E-state index is 2.82. The van der Waals surface area contributed by atoms with Crippen molar-refractivity contribution in [3.63, 3.8) is 0 Å². The second-order valence-corrected chi connectivity index (χ2v) is 11.1. The Labute approximate surface area is 161 Å². The second kappa shape index (κ2) is 6.36. The highest BCUT2D eigenvalue weighted by Crippen LogP contribution is 2.60. The first-order chi connectivity index (χ1) is 12.2. The van der Waals surface area contributed by atoms with Gasteiger partial charge in [0.05, 0.1) is 0 Å². The molecular formula is C25H39N. The normalized spacial score (nSPS) is 33.3. The zero-order valence-corrected chi connectivity index (χ0v) is 17.9. The van der Waals surface area contributed by atoms with Crippen LogP contribution in [-0.2, 0) is 0 Å². The predicted molar refractivity (Wildman–Crippen MR) is 112 cm³/mol. The summed E-state index contributed by atoms with van der Waals surface area (Å²) in [7, 11) is 2.44. The van der Waals surface area contributed by atoms with Gasteiger partial charge in [-0.2, -0.15) is 0 Å². The molecule has 0 spiro atoms. The Morgan fingerprint density at radius 2 is 1.46 bits per heavy atom. The van der Waals surface area contributed by atoms with E-state index in [0.29, 0.717) is 28.8 Å². The molecule has 2 fully saturated rings. The smallest absolute Gasteiger partial charge is 0.0238 e. The van der Waals surface area contributed by atoms with E-state index in [1.807, 2.05) is 0 Å². The van der Waals surface area contributed by atoms with Crippen LogP contribution in [0.3, 0.4) is 0 Å². The third-order valence-corrected chi connectivity index (χ3v) is 8.41. The summed E-state index contributed by atoms with van der Waals surface area (Å²) in [5.41, 5.74) is 4.10. The van der Waals surface area contributed by atoms with E-state index in [0.717, 1.165) is 11.8 Å². The van der Waals surface area contributed by atoms with Crippen LogP contribution in [0, 0.1) is 16.7 Å². The fraction of sp³-hybridized carbons (Fsp3) is 0.760. The van der Waals surface area contributed by atoms with Gasteiger partial charge in [-0.3, -0.25) is 4.90 Å². The first kappa shape index (κ1) is 18.5. The monoisotopic (exact) mass is 353 g/mol. The zero-order chi connectivity index (χ0) is 18.7. The largest absolute Gasteiger partial charge is 0.299 e. The summed E-state index contributed by atoms with van der Waals surface area (Å²) in [6.07, 6.45) is 8.47. The maximum atomic E-state index is 2.82. The van der Waals surface area contributed by atoms with Crippen LogP contribution in [0.2, 0.25) is 0 Å². The van der Waals surface area contributed by atoms with Crippen LogP contribution in [0.4, 0.5) is 0 Å². The number of nitrogens with zero attached hydrogens (tertiary/aromatic N) is 1. The standard InChI is InChI=1S/C25H39N/c1-24(2,3)21-16-15-20-18-13-9-10-14-19(18)22(23(20)26(21)6)25(4,5)17-11-7-8-12-17/h9-10,13-14,17,20-23H,7-8,11-12,15-16H2,1-6H3. The Bertz CT molecular complexity index is 646. The molecule has 0 bridgehead atoms. The Balaban J connectivity index is 1.77. The molecule has 4 atom stereocenters. The fourth-order valence-electron chi connectivity index (χ4n) is 7.13. The summed E-state index contributed by atoms with van der Waals surface area (Å²) in [6.45, 7) is 12.5. The van der Waals surface area contributed by atoms with E-state index < -0.39 is 0 Å². The van der Waals surface area contributed by atoms with Crippen molar-refractivity contribution in [3.8, 4) is 0 Å². The lowest BCUT2D eigenvalue weighted by atomic mass is 9.63. The molecule has 1 aromatic rings. The van der Waals surface area contributed by atoms with Crippen molar-refractivity contribution in [2.75, 3.05) is 7.05 Å². The molecule has 1 nitrogen and oxygen atoms in total. The number of likely N-dealkylation sites (N-methyl/N-ethyl adjacent to an activating group) is 1. The highest BCUT2D eigenvalue weighted by molar-refractivity contribution is 5.44. The number of hydrogen-bond acceptors (Lipinski definition) is 1. The first-order valence-electron chi connectivity index (χ1n) is 11.0. The average Bonchev–Trinajstić information content (AvgIpc) is 3.21. The van der Waals surface area contributed by atoms with Gasteiger partial charge in [0.2, 0.25) is 0 Å². The minimum atomic E-state index is 0.358. The Morgan fingerprint density at radius 3 is 2.08 bits per heavy atom. The molecule has 144 valence electrons. The topological polar surface area (TPSA) is 3.24 Å². The van der Waals surface area contributed by atoms with Gasteiger partial charge in [0.1, 0.15) is 0 Å². The molecule has 1 saturated heterocycles. The number of hydrogen-bond donors (Lipinski definition) is 0. The molecule has 4 unspecified atom stereocenters. The van der Waals surface area contributed by atoms with Crippen molar-refractivity contribution >= 4 is 0 Å². The van der Waals surface area contributed by atoms with Crippen LogP contribution in [0.1, 0.15) is 96.1 Å². The number of likely N-dealkylation sites (tertiary alicyclic amines) is 1. The van der Waals surface area contributed by atoms with Gasteiger partial charge in [0.15, 0.2) is 0 Å². The van der Waals surface area contributed by atoms with Gasteiger partial charge in [-0.15, -0.1) is 0 Å². The van der Waals surface area contributed by atoms with Crippen molar-refractivity contribution in [1.29, 1.82) is 0 Å². The van der Waals surface area contributed by atoms with E-state index >= 15 is 0 Å². The lowest BCUT2D eigenvalue weighted by Crippen LogP contribution is -2.55. The van der Waals surface area contributed by atoms with Crippen LogP contribution in [0.5, 0.6) is 0 Å². The molecule has 1 saturated carbocycles.